The van der Waals surface area contributed by atoms with E-state index >= 15 is 9.36 Å². The van der Waals surface area contributed by atoms with E-state index in [2.05, 4.69) is 20.4 Å². The van der Waals surface area contributed by atoms with Gasteiger partial charge in [0.2, 0.25) is 11.0 Å². The zero-order chi connectivity index (χ0) is 42.1. The smallest absolute Gasteiger partial charge is 0.331 e. The average molecular weight is 803 g/mol. The van der Waals surface area contributed by atoms with Crippen LogP contribution in [0.3, 0.4) is 0 Å². The molecule has 1 unspecified atom stereocenters. The fourth-order valence-electron chi connectivity index (χ4n) is 6.38. The van der Waals surface area contributed by atoms with Crippen LogP contribution in [0, 0.1) is 34.6 Å². The number of ether oxygens (including phenoxy) is 5. The molecule has 3 aromatic carbocycles. The third-order valence-corrected chi connectivity index (χ3v) is 11.7. The second-order valence-corrected chi connectivity index (χ2v) is 16.3. The predicted octanol–water partition coefficient (Wildman–Crippen LogP) is 8.91. The van der Waals surface area contributed by atoms with Crippen LogP contribution < -0.4 is 14.8 Å². The molecule has 0 N–H and O–H groups in total. The quantitative estimate of drug-likeness (QED) is 0.0298. The number of esters is 3. The molecule has 0 aliphatic carbocycles. The topological polar surface area (TPSA) is 149 Å². The molecule has 3 aromatic rings. The van der Waals surface area contributed by atoms with Gasteiger partial charge in [-0.15, -0.1) is 0 Å². The van der Waals surface area contributed by atoms with Crippen molar-refractivity contribution in [2.75, 3.05) is 26.4 Å². The molecule has 306 valence electrons. The van der Waals surface area contributed by atoms with Crippen LogP contribution >= 0.6 is 7.14 Å². The van der Waals surface area contributed by atoms with E-state index in [4.69, 9.17) is 23.7 Å². The van der Waals surface area contributed by atoms with Crippen molar-refractivity contribution in [3.63, 3.8) is 0 Å². The van der Waals surface area contributed by atoms with Crippen molar-refractivity contribution < 1.29 is 52.2 Å². The molecule has 0 spiro atoms. The van der Waals surface area contributed by atoms with Gasteiger partial charge in [-0.05, 0) is 87.4 Å². The summed E-state index contributed by atoms with van der Waals surface area (Å²) in [6, 6.07) is 11.7. The predicted molar refractivity (Wildman–Crippen MR) is 220 cm³/mol. The summed E-state index contributed by atoms with van der Waals surface area (Å²) < 4.78 is 43.0. The Balaban J connectivity index is 2.01. The summed E-state index contributed by atoms with van der Waals surface area (Å²) in [6.45, 7) is 16.4. The fraction of sp³-hybridized carbons (Fsp3) is 0.400. The first-order valence-corrected chi connectivity index (χ1v) is 21.0. The molecule has 3 rings (SSSR count). The minimum absolute atomic E-state index is 0.00850. The van der Waals surface area contributed by atoms with Gasteiger partial charge >= 0.3 is 17.9 Å². The number of carbonyl (C=O) groups excluding carboxylic acids is 5. The van der Waals surface area contributed by atoms with Gasteiger partial charge in [-0.1, -0.05) is 75.9 Å². The number of hydrogen-bond acceptors (Lipinski definition) is 11. The number of unbranched alkanes of at least 4 members (excludes halogenated alkanes) is 4. The molecule has 0 radical (unpaired) electrons. The Morgan fingerprint density at radius 1 is 0.614 bits per heavy atom. The number of carbonyl (C=O) groups is 5. The van der Waals surface area contributed by atoms with E-state index in [9.17, 15) is 19.2 Å². The number of benzene rings is 3. The van der Waals surface area contributed by atoms with E-state index < -0.39 is 36.1 Å². The van der Waals surface area contributed by atoms with Crippen LogP contribution in [0.1, 0.15) is 106 Å². The summed E-state index contributed by atoms with van der Waals surface area (Å²) in [7, 11) is -4.68. The zero-order valence-corrected chi connectivity index (χ0v) is 35.1. The molecule has 11 nitrogen and oxygen atoms in total. The van der Waals surface area contributed by atoms with Gasteiger partial charge in [0, 0.05) is 35.4 Å². The Bertz CT molecular complexity index is 1980. The molecule has 12 heteroatoms. The third kappa shape index (κ3) is 12.9. The van der Waals surface area contributed by atoms with Crippen LogP contribution in [0.15, 0.2) is 67.3 Å². The summed E-state index contributed by atoms with van der Waals surface area (Å²) in [4.78, 5) is 65.3. The van der Waals surface area contributed by atoms with Crippen molar-refractivity contribution in [2.45, 2.75) is 93.6 Å². The van der Waals surface area contributed by atoms with Crippen LogP contribution in [0.4, 0.5) is 0 Å². The first kappa shape index (κ1) is 46.1. The third-order valence-electron chi connectivity index (χ3n) is 9.04. The lowest BCUT2D eigenvalue weighted by molar-refractivity contribution is -0.146. The summed E-state index contributed by atoms with van der Waals surface area (Å²) in [6.07, 6.45) is 8.22. The molecule has 0 bridgehead atoms. The molecule has 0 amide bonds. The summed E-state index contributed by atoms with van der Waals surface area (Å²) in [5.41, 5.74) is 2.23. The number of aryl methyl sites for hydroxylation is 5. The Kier molecular flexibility index (Phi) is 18.2. The van der Waals surface area contributed by atoms with Gasteiger partial charge in [-0.3, -0.25) is 9.59 Å². The SMILES string of the molecule is C=CC(=O)OCCOC(=O)C=CC(=O)OCc1cc(C)c(C(=O)P(=O)(C(=O)c2c(C)cc(C)cc2C)c2ccc(OCCCCC)cc2OCCCCC)c(C)c1. The highest BCUT2D eigenvalue weighted by Gasteiger charge is 2.47. The summed E-state index contributed by atoms with van der Waals surface area (Å²) in [5.74, 6) is -1.68. The largest absolute Gasteiger partial charge is 0.493 e. The average Bonchev–Trinajstić information content (AvgIpc) is 3.17. The van der Waals surface area contributed by atoms with Crippen molar-refractivity contribution in [3.05, 3.63) is 112 Å². The first-order valence-electron chi connectivity index (χ1n) is 19.3. The second-order valence-electron chi connectivity index (χ2n) is 13.8. The zero-order valence-electron chi connectivity index (χ0n) is 34.2. The van der Waals surface area contributed by atoms with Crippen molar-refractivity contribution in [1.82, 2.24) is 0 Å². The van der Waals surface area contributed by atoms with Gasteiger partial charge in [-0.25, -0.2) is 14.4 Å². The van der Waals surface area contributed by atoms with Crippen molar-refractivity contribution in [2.24, 2.45) is 0 Å². The Hall–Kier alpha value is -5.28. The number of hydrogen-bond donors (Lipinski definition) is 0. The fourth-order valence-corrected chi connectivity index (χ4v) is 9.06. The first-order chi connectivity index (χ1) is 27.2. The van der Waals surface area contributed by atoms with Crippen molar-refractivity contribution in [1.29, 1.82) is 0 Å². The van der Waals surface area contributed by atoms with E-state index in [0.29, 0.717) is 46.8 Å². The Labute approximate surface area is 336 Å². The molecular weight excluding hydrogens is 747 g/mol. The summed E-state index contributed by atoms with van der Waals surface area (Å²) >= 11 is 0. The normalized spacial score (nSPS) is 12.1. The minimum Gasteiger partial charge on any atom is -0.493 e. The lowest BCUT2D eigenvalue weighted by Gasteiger charge is -2.24. The maximum absolute atomic E-state index is 15.8. The van der Waals surface area contributed by atoms with Crippen LogP contribution in [-0.4, -0.2) is 55.4 Å². The maximum atomic E-state index is 15.8. The number of rotatable bonds is 23. The highest BCUT2D eigenvalue weighted by molar-refractivity contribution is 8.01. The van der Waals surface area contributed by atoms with Gasteiger partial charge in [0.15, 0.2) is 0 Å². The van der Waals surface area contributed by atoms with Gasteiger partial charge in [-0.2, -0.15) is 0 Å². The lowest BCUT2D eigenvalue weighted by Crippen LogP contribution is -2.25. The van der Waals surface area contributed by atoms with E-state index in [-0.39, 0.29) is 42.0 Å². The maximum Gasteiger partial charge on any atom is 0.331 e. The molecule has 0 aromatic heterocycles. The van der Waals surface area contributed by atoms with Crippen molar-refractivity contribution in [3.8, 4) is 11.5 Å². The van der Waals surface area contributed by atoms with Gasteiger partial charge in [0.25, 0.3) is 7.14 Å². The summed E-state index contributed by atoms with van der Waals surface area (Å²) in [5, 5.41) is 0.00850. The van der Waals surface area contributed by atoms with Crippen LogP contribution in [0.5, 0.6) is 11.5 Å². The van der Waals surface area contributed by atoms with Crippen LogP contribution in [0.25, 0.3) is 0 Å². The highest BCUT2D eigenvalue weighted by atomic mass is 31.2. The standard InChI is InChI=1S/C45H55O11P/c1-9-12-14-20-52-36-16-17-38(37(28-36)53-21-15-13-10-2)57(51,44(49)42-31(5)24-30(4)25-32(42)6)45(50)43-33(7)26-35(27-34(43)8)29-56-41(48)19-18-40(47)55-23-22-54-39(46)11-3/h11,16-19,24-28H,3,9-10,12-15,20-23,29H2,1-2,4-8H3. The Morgan fingerprint density at radius 3 is 1.63 bits per heavy atom. The van der Waals surface area contributed by atoms with Crippen LogP contribution in [0.2, 0.25) is 0 Å². The molecule has 0 fully saturated rings. The van der Waals surface area contributed by atoms with Crippen molar-refractivity contribution >= 4 is 41.4 Å². The highest BCUT2D eigenvalue weighted by Crippen LogP contribution is 2.55. The van der Waals surface area contributed by atoms with E-state index in [0.717, 1.165) is 62.3 Å². The van der Waals surface area contributed by atoms with E-state index in [1.165, 1.54) is 6.07 Å². The van der Waals surface area contributed by atoms with Gasteiger partial charge in [0.1, 0.15) is 31.3 Å². The second kappa shape index (κ2) is 22.5. The molecule has 0 saturated carbocycles. The minimum atomic E-state index is -4.68. The Morgan fingerprint density at radius 2 is 1.11 bits per heavy atom. The molecule has 0 aliphatic heterocycles. The van der Waals surface area contributed by atoms with E-state index in [1.807, 2.05) is 19.1 Å². The van der Waals surface area contributed by atoms with E-state index in [1.54, 1.807) is 52.0 Å². The lowest BCUT2D eigenvalue weighted by atomic mass is 10.0. The molecule has 0 saturated heterocycles. The van der Waals surface area contributed by atoms with Crippen LogP contribution in [-0.2, 0) is 39.8 Å². The molecule has 0 aliphatic rings. The molecule has 57 heavy (non-hydrogen) atoms. The molecule has 0 heterocycles. The van der Waals surface area contributed by atoms with Gasteiger partial charge in [0.05, 0.1) is 18.5 Å². The van der Waals surface area contributed by atoms with Gasteiger partial charge < -0.3 is 28.2 Å². The molecular formula is C45H55O11P. The molecule has 1 atom stereocenters. The monoisotopic (exact) mass is 802 g/mol.